The lowest BCUT2D eigenvalue weighted by Crippen LogP contribution is -2.19. The first-order valence-electron chi connectivity index (χ1n) is 5.15. The summed E-state index contributed by atoms with van der Waals surface area (Å²) in [5.41, 5.74) is 0.665. The number of halogens is 3. The quantitative estimate of drug-likeness (QED) is 0.806. The summed E-state index contributed by atoms with van der Waals surface area (Å²) < 4.78 is 0. The summed E-state index contributed by atoms with van der Waals surface area (Å²) in [4.78, 5) is 4.43. The number of amidine groups is 1. The van der Waals surface area contributed by atoms with Crippen molar-refractivity contribution in [1.82, 2.24) is 0 Å². The van der Waals surface area contributed by atoms with E-state index in [1.54, 1.807) is 23.9 Å². The molecule has 0 saturated carbocycles. The first-order chi connectivity index (χ1) is 8.06. The Kier molecular flexibility index (Phi) is 4.47. The average Bonchev–Trinajstić information content (AvgIpc) is 2.26. The number of benzene rings is 1. The molecule has 6 heteroatoms. The normalized spacial score (nSPS) is 20.0. The van der Waals surface area contributed by atoms with Crippen LogP contribution in [-0.2, 0) is 0 Å². The molecule has 0 spiro atoms. The molecule has 0 aromatic heterocycles. The van der Waals surface area contributed by atoms with Gasteiger partial charge >= 0.3 is 0 Å². The van der Waals surface area contributed by atoms with Crippen LogP contribution in [0.25, 0.3) is 0 Å². The summed E-state index contributed by atoms with van der Waals surface area (Å²) in [5, 5.41) is 5.54. The molecule has 0 aliphatic carbocycles. The molecule has 0 amide bonds. The molecule has 1 unspecified atom stereocenters. The van der Waals surface area contributed by atoms with Crippen LogP contribution in [0.4, 0.5) is 5.69 Å². The van der Waals surface area contributed by atoms with E-state index < -0.39 is 0 Å². The van der Waals surface area contributed by atoms with Crippen molar-refractivity contribution < 1.29 is 0 Å². The first kappa shape index (κ1) is 13.3. The second-order valence-corrected chi connectivity index (χ2v) is 6.19. The predicted molar refractivity (Wildman–Crippen MR) is 79.0 cm³/mol. The minimum Gasteiger partial charge on any atom is -0.333 e. The fraction of sp³-hybridized carbons (Fsp3) is 0.364. The Morgan fingerprint density at radius 2 is 1.94 bits per heavy atom. The molecule has 0 saturated heterocycles. The molecule has 1 aromatic rings. The van der Waals surface area contributed by atoms with Gasteiger partial charge in [0.2, 0.25) is 0 Å². The fourth-order valence-electron chi connectivity index (χ4n) is 1.40. The van der Waals surface area contributed by atoms with E-state index in [-0.39, 0.29) is 0 Å². The summed E-state index contributed by atoms with van der Waals surface area (Å²) in [6.07, 6.45) is 0. The van der Waals surface area contributed by atoms with E-state index in [9.17, 15) is 0 Å². The van der Waals surface area contributed by atoms with Gasteiger partial charge in [0.1, 0.15) is 0 Å². The molecule has 1 N–H and O–H groups in total. The number of nitrogens with zero attached hydrogens (tertiary/aromatic N) is 1. The zero-order valence-electron chi connectivity index (χ0n) is 9.14. The number of hydrogen-bond donors (Lipinski definition) is 1. The van der Waals surface area contributed by atoms with E-state index in [2.05, 4.69) is 17.2 Å². The van der Waals surface area contributed by atoms with Gasteiger partial charge in [0.05, 0.1) is 15.7 Å². The summed E-state index contributed by atoms with van der Waals surface area (Å²) in [5.74, 6) is 1.66. The second kappa shape index (κ2) is 5.70. The van der Waals surface area contributed by atoms with Crippen LogP contribution in [0.5, 0.6) is 0 Å². The zero-order valence-corrected chi connectivity index (χ0v) is 12.2. The number of anilines is 1. The summed E-state index contributed by atoms with van der Waals surface area (Å²) >= 11 is 19.7. The van der Waals surface area contributed by atoms with Gasteiger partial charge in [-0.2, -0.15) is 0 Å². The molecule has 2 rings (SSSR count). The van der Waals surface area contributed by atoms with Crippen molar-refractivity contribution in [3.05, 3.63) is 27.2 Å². The second-order valence-electron chi connectivity index (χ2n) is 3.93. The molecule has 1 aliphatic heterocycles. The lowest BCUT2D eigenvalue weighted by Gasteiger charge is -2.19. The Morgan fingerprint density at radius 3 is 2.47 bits per heavy atom. The lowest BCUT2D eigenvalue weighted by atomic mass is 10.2. The van der Waals surface area contributed by atoms with Crippen molar-refractivity contribution in [3.63, 3.8) is 0 Å². The van der Waals surface area contributed by atoms with Gasteiger partial charge < -0.3 is 5.32 Å². The van der Waals surface area contributed by atoms with E-state index in [1.807, 2.05) is 0 Å². The molecule has 1 heterocycles. The number of thioether (sulfide) groups is 1. The molecule has 0 fully saturated rings. The van der Waals surface area contributed by atoms with Crippen molar-refractivity contribution in [3.8, 4) is 0 Å². The van der Waals surface area contributed by atoms with Crippen LogP contribution in [-0.4, -0.2) is 17.5 Å². The van der Waals surface area contributed by atoms with E-state index in [0.717, 1.165) is 17.5 Å². The van der Waals surface area contributed by atoms with Gasteiger partial charge in [-0.3, -0.25) is 4.99 Å². The van der Waals surface area contributed by atoms with Crippen molar-refractivity contribution in [2.45, 2.75) is 6.92 Å². The minimum absolute atomic E-state index is 0.504. The Hall–Kier alpha value is -0.0900. The largest absolute Gasteiger partial charge is 0.333 e. The fourth-order valence-corrected chi connectivity index (χ4v) is 3.20. The molecule has 1 aromatic carbocycles. The number of hydrogen-bond acceptors (Lipinski definition) is 3. The standard InChI is InChI=1S/C11H11Cl3N2S/c1-6-4-15-11(17-5-6)16-10-8(13)2-7(12)3-9(10)14/h2-3,6H,4-5H2,1H3,(H,15,16). The van der Waals surface area contributed by atoms with Crippen LogP contribution in [0.15, 0.2) is 17.1 Å². The molecular weight excluding hydrogens is 299 g/mol. The molecule has 1 atom stereocenters. The molecule has 1 aliphatic rings. The number of rotatable bonds is 1. The third kappa shape index (κ3) is 3.44. The van der Waals surface area contributed by atoms with Crippen molar-refractivity contribution in [2.75, 3.05) is 17.6 Å². The topological polar surface area (TPSA) is 24.4 Å². The summed E-state index contributed by atoms with van der Waals surface area (Å²) in [7, 11) is 0. The predicted octanol–water partition coefficient (Wildman–Crippen LogP) is 4.80. The van der Waals surface area contributed by atoms with E-state index >= 15 is 0 Å². The smallest absolute Gasteiger partial charge is 0.161 e. The van der Waals surface area contributed by atoms with Crippen LogP contribution in [0.1, 0.15) is 6.92 Å². The third-order valence-electron chi connectivity index (χ3n) is 2.29. The van der Waals surface area contributed by atoms with Crippen molar-refractivity contribution in [2.24, 2.45) is 10.9 Å². The molecule has 2 nitrogen and oxygen atoms in total. The highest BCUT2D eigenvalue weighted by atomic mass is 35.5. The van der Waals surface area contributed by atoms with Crippen LogP contribution in [0, 0.1) is 5.92 Å². The van der Waals surface area contributed by atoms with Crippen molar-refractivity contribution in [1.29, 1.82) is 0 Å². The van der Waals surface area contributed by atoms with Gasteiger partial charge in [0.25, 0.3) is 0 Å². The summed E-state index contributed by atoms with van der Waals surface area (Å²) in [6.45, 7) is 3.01. The van der Waals surface area contributed by atoms with E-state index in [1.165, 1.54) is 0 Å². The average molecular weight is 310 g/mol. The van der Waals surface area contributed by atoms with Gasteiger partial charge in [-0.05, 0) is 18.1 Å². The van der Waals surface area contributed by atoms with E-state index in [4.69, 9.17) is 34.8 Å². The first-order valence-corrected chi connectivity index (χ1v) is 7.27. The zero-order chi connectivity index (χ0) is 12.4. The molecular formula is C11H11Cl3N2S. The summed E-state index contributed by atoms with van der Waals surface area (Å²) in [6, 6.07) is 3.32. The maximum Gasteiger partial charge on any atom is 0.161 e. The van der Waals surface area contributed by atoms with Crippen LogP contribution in [0.2, 0.25) is 15.1 Å². The van der Waals surface area contributed by atoms with Crippen LogP contribution in [0.3, 0.4) is 0 Å². The number of nitrogens with one attached hydrogen (secondary N) is 1. The van der Waals surface area contributed by atoms with Gasteiger partial charge in [-0.15, -0.1) is 0 Å². The SMILES string of the molecule is CC1CN=C(Nc2c(Cl)cc(Cl)cc2Cl)SC1. The highest BCUT2D eigenvalue weighted by molar-refractivity contribution is 8.14. The minimum atomic E-state index is 0.504. The molecule has 0 bridgehead atoms. The highest BCUT2D eigenvalue weighted by Gasteiger charge is 2.15. The Bertz CT molecular complexity index is 439. The Balaban J connectivity index is 2.19. The van der Waals surface area contributed by atoms with Gasteiger partial charge in [-0.1, -0.05) is 53.5 Å². The van der Waals surface area contributed by atoms with Gasteiger partial charge in [-0.25, -0.2) is 0 Å². The van der Waals surface area contributed by atoms with Crippen LogP contribution >= 0.6 is 46.6 Å². The third-order valence-corrected chi connectivity index (χ3v) is 4.34. The van der Waals surface area contributed by atoms with Gasteiger partial charge in [0, 0.05) is 17.3 Å². The van der Waals surface area contributed by atoms with Crippen LogP contribution < -0.4 is 5.32 Å². The Labute approximate surface area is 120 Å². The van der Waals surface area contributed by atoms with E-state index in [0.29, 0.717) is 26.7 Å². The maximum atomic E-state index is 6.09. The maximum absolute atomic E-state index is 6.09. The van der Waals surface area contributed by atoms with Crippen molar-refractivity contribution >= 4 is 57.4 Å². The molecule has 17 heavy (non-hydrogen) atoms. The lowest BCUT2D eigenvalue weighted by molar-refractivity contribution is 0.674. The highest BCUT2D eigenvalue weighted by Crippen LogP contribution is 2.34. The van der Waals surface area contributed by atoms with Gasteiger partial charge in [0.15, 0.2) is 5.17 Å². The monoisotopic (exact) mass is 308 g/mol. The molecule has 0 radical (unpaired) electrons. The number of aliphatic imine (C=N–C) groups is 1. The Morgan fingerprint density at radius 1 is 1.29 bits per heavy atom. The molecule has 92 valence electrons.